The minimum Gasteiger partial charge on any atom is -0.340 e. The van der Waals surface area contributed by atoms with Gasteiger partial charge in [0.15, 0.2) is 0 Å². The zero-order valence-electron chi connectivity index (χ0n) is 14.4. The fourth-order valence-electron chi connectivity index (χ4n) is 2.36. The van der Waals surface area contributed by atoms with E-state index in [1.165, 1.54) is 0 Å². The second-order valence-corrected chi connectivity index (χ2v) is 5.82. The lowest BCUT2D eigenvalue weighted by atomic mass is 10.2. The topological polar surface area (TPSA) is 90.7 Å². The minimum atomic E-state index is -0.341. The molecule has 6 heteroatoms. The molecule has 6 nitrogen and oxygen atoms in total. The molecule has 3 aromatic rings. The van der Waals surface area contributed by atoms with Crippen molar-refractivity contribution in [1.29, 1.82) is 5.26 Å². The van der Waals surface area contributed by atoms with E-state index in [-0.39, 0.29) is 11.6 Å². The first-order valence-electron chi connectivity index (χ1n) is 8.04. The van der Waals surface area contributed by atoms with Crippen LogP contribution < -0.4 is 10.6 Å². The Morgan fingerprint density at radius 1 is 0.962 bits per heavy atom. The van der Waals surface area contributed by atoms with E-state index in [4.69, 9.17) is 5.26 Å². The Bertz CT molecular complexity index is 973. The van der Waals surface area contributed by atoms with Gasteiger partial charge in [0.05, 0.1) is 11.6 Å². The Kier molecular flexibility index (Phi) is 4.90. The van der Waals surface area contributed by atoms with Gasteiger partial charge < -0.3 is 10.6 Å². The Morgan fingerprint density at radius 2 is 1.62 bits per heavy atom. The number of nitrogens with one attached hydrogen (secondary N) is 2. The molecule has 128 valence electrons. The van der Waals surface area contributed by atoms with Crippen molar-refractivity contribution in [2.45, 2.75) is 13.8 Å². The summed E-state index contributed by atoms with van der Waals surface area (Å²) in [6.45, 7) is 3.75. The molecule has 0 aliphatic carbocycles. The highest BCUT2D eigenvalue weighted by molar-refractivity contribution is 6.03. The van der Waals surface area contributed by atoms with Crippen LogP contribution in [0.2, 0.25) is 0 Å². The summed E-state index contributed by atoms with van der Waals surface area (Å²) in [5.74, 6) is 0.700. The molecule has 0 atom stereocenters. The minimum absolute atomic E-state index is 0.261. The second-order valence-electron chi connectivity index (χ2n) is 5.82. The maximum atomic E-state index is 12.5. The number of anilines is 3. The summed E-state index contributed by atoms with van der Waals surface area (Å²) in [5.41, 5.74) is 3.43. The van der Waals surface area contributed by atoms with Crippen LogP contribution in [0.3, 0.4) is 0 Å². The van der Waals surface area contributed by atoms with Gasteiger partial charge in [0.25, 0.3) is 5.91 Å². The average Bonchev–Trinajstić information content (AvgIpc) is 2.64. The number of nitrogens with zero attached hydrogens (tertiary/aromatic N) is 3. The number of benzene rings is 2. The number of aryl methyl sites for hydroxylation is 2. The summed E-state index contributed by atoms with van der Waals surface area (Å²) < 4.78 is 0. The summed E-state index contributed by atoms with van der Waals surface area (Å²) >= 11 is 0. The van der Waals surface area contributed by atoms with Crippen LogP contribution in [0.25, 0.3) is 0 Å². The highest BCUT2D eigenvalue weighted by Gasteiger charge is 2.11. The SMILES string of the molecule is Cc1ccc(Nc2cc(C(=O)Nc3ccc(C#N)cc3)nc(C)n2)cc1. The molecule has 0 unspecified atom stereocenters. The monoisotopic (exact) mass is 343 g/mol. The van der Waals surface area contributed by atoms with Gasteiger partial charge in [-0.3, -0.25) is 4.79 Å². The third-order valence-corrected chi connectivity index (χ3v) is 3.67. The summed E-state index contributed by atoms with van der Waals surface area (Å²) in [7, 11) is 0. The van der Waals surface area contributed by atoms with Crippen LogP contribution >= 0.6 is 0 Å². The first kappa shape index (κ1) is 17.1. The number of hydrogen-bond donors (Lipinski definition) is 2. The van der Waals surface area contributed by atoms with E-state index in [2.05, 4.69) is 20.6 Å². The first-order valence-corrected chi connectivity index (χ1v) is 8.04. The highest BCUT2D eigenvalue weighted by Crippen LogP contribution is 2.17. The smallest absolute Gasteiger partial charge is 0.274 e. The van der Waals surface area contributed by atoms with E-state index in [0.29, 0.717) is 22.9 Å². The van der Waals surface area contributed by atoms with Crippen molar-refractivity contribution in [3.63, 3.8) is 0 Å². The number of aromatic nitrogens is 2. The predicted octanol–water partition coefficient (Wildman–Crippen LogP) is 3.96. The average molecular weight is 343 g/mol. The van der Waals surface area contributed by atoms with Gasteiger partial charge in [-0.2, -0.15) is 5.26 Å². The van der Waals surface area contributed by atoms with Gasteiger partial charge in [0, 0.05) is 17.4 Å². The zero-order valence-corrected chi connectivity index (χ0v) is 14.4. The number of amides is 1. The lowest BCUT2D eigenvalue weighted by molar-refractivity contribution is 0.102. The van der Waals surface area contributed by atoms with Gasteiger partial charge in [0.2, 0.25) is 0 Å². The Hall–Kier alpha value is -3.72. The highest BCUT2D eigenvalue weighted by atomic mass is 16.1. The van der Waals surface area contributed by atoms with E-state index in [0.717, 1.165) is 11.3 Å². The summed E-state index contributed by atoms with van der Waals surface area (Å²) in [4.78, 5) is 21.0. The van der Waals surface area contributed by atoms with Crippen LogP contribution in [0.1, 0.15) is 27.4 Å². The number of nitriles is 1. The van der Waals surface area contributed by atoms with Crippen molar-refractivity contribution >= 4 is 23.1 Å². The molecule has 0 bridgehead atoms. The van der Waals surface area contributed by atoms with Gasteiger partial charge in [-0.15, -0.1) is 0 Å². The maximum absolute atomic E-state index is 12.5. The van der Waals surface area contributed by atoms with Gasteiger partial charge >= 0.3 is 0 Å². The second kappa shape index (κ2) is 7.45. The Labute approximate surface area is 151 Å². The van der Waals surface area contributed by atoms with Crippen LogP contribution in [0, 0.1) is 25.2 Å². The molecule has 0 spiro atoms. The molecule has 0 aliphatic rings. The Balaban J connectivity index is 1.78. The quantitative estimate of drug-likeness (QED) is 0.748. The third-order valence-electron chi connectivity index (χ3n) is 3.67. The molecule has 0 saturated carbocycles. The van der Waals surface area contributed by atoms with Crippen LogP contribution in [0.15, 0.2) is 54.6 Å². The number of rotatable bonds is 4. The first-order chi connectivity index (χ1) is 12.5. The van der Waals surface area contributed by atoms with Crippen LogP contribution in [0.4, 0.5) is 17.2 Å². The third kappa shape index (κ3) is 4.22. The van der Waals surface area contributed by atoms with E-state index in [1.54, 1.807) is 37.3 Å². The van der Waals surface area contributed by atoms with Crippen LogP contribution in [0.5, 0.6) is 0 Å². The predicted molar refractivity (Wildman–Crippen MR) is 100 cm³/mol. The van der Waals surface area contributed by atoms with Gasteiger partial charge in [-0.1, -0.05) is 17.7 Å². The molecule has 26 heavy (non-hydrogen) atoms. The van der Waals surface area contributed by atoms with E-state index in [1.807, 2.05) is 37.3 Å². The van der Waals surface area contributed by atoms with Crippen LogP contribution in [-0.4, -0.2) is 15.9 Å². The number of carbonyl (C=O) groups is 1. The summed E-state index contributed by atoms with van der Waals surface area (Å²) in [5, 5.41) is 14.8. The molecule has 2 N–H and O–H groups in total. The molecule has 2 aromatic carbocycles. The number of hydrogen-bond acceptors (Lipinski definition) is 5. The van der Waals surface area contributed by atoms with Gasteiger partial charge in [-0.25, -0.2) is 9.97 Å². The Morgan fingerprint density at radius 3 is 2.27 bits per heavy atom. The molecule has 1 amide bonds. The lowest BCUT2D eigenvalue weighted by Gasteiger charge is -2.09. The van der Waals surface area contributed by atoms with Crippen molar-refractivity contribution < 1.29 is 4.79 Å². The molecular formula is C20H17N5O. The summed E-state index contributed by atoms with van der Waals surface area (Å²) in [6, 6.07) is 18.2. The van der Waals surface area contributed by atoms with Gasteiger partial charge in [-0.05, 0) is 50.2 Å². The fraction of sp³-hybridized carbons (Fsp3) is 0.100. The molecule has 0 fully saturated rings. The van der Waals surface area contributed by atoms with Crippen molar-refractivity contribution in [2.75, 3.05) is 10.6 Å². The van der Waals surface area contributed by atoms with E-state index in [9.17, 15) is 4.79 Å². The maximum Gasteiger partial charge on any atom is 0.274 e. The molecule has 1 aromatic heterocycles. The lowest BCUT2D eigenvalue weighted by Crippen LogP contribution is -2.15. The van der Waals surface area contributed by atoms with Crippen molar-refractivity contribution in [2.24, 2.45) is 0 Å². The molecule has 0 aliphatic heterocycles. The zero-order chi connectivity index (χ0) is 18.5. The molecular weight excluding hydrogens is 326 g/mol. The molecule has 3 rings (SSSR count). The van der Waals surface area contributed by atoms with Crippen molar-refractivity contribution in [1.82, 2.24) is 9.97 Å². The van der Waals surface area contributed by atoms with Crippen molar-refractivity contribution in [3.8, 4) is 6.07 Å². The van der Waals surface area contributed by atoms with Crippen molar-refractivity contribution in [3.05, 3.63) is 77.2 Å². The normalized spacial score (nSPS) is 10.0. The molecule has 0 radical (unpaired) electrons. The summed E-state index contributed by atoms with van der Waals surface area (Å²) in [6.07, 6.45) is 0. The fourth-order valence-corrected chi connectivity index (χ4v) is 2.36. The van der Waals surface area contributed by atoms with E-state index >= 15 is 0 Å². The number of carbonyl (C=O) groups excluding carboxylic acids is 1. The van der Waals surface area contributed by atoms with Gasteiger partial charge in [0.1, 0.15) is 17.3 Å². The van der Waals surface area contributed by atoms with E-state index < -0.39 is 0 Å². The molecule has 0 saturated heterocycles. The molecule has 1 heterocycles. The largest absolute Gasteiger partial charge is 0.340 e. The van der Waals surface area contributed by atoms with Crippen LogP contribution in [-0.2, 0) is 0 Å². The standard InChI is InChI=1S/C20H17N5O/c1-13-3-7-16(8-4-13)24-19-11-18(22-14(2)23-19)20(26)25-17-9-5-15(12-21)6-10-17/h3-11H,1-2H3,(H,25,26)(H,22,23,24).